The molecule has 1 saturated heterocycles. The van der Waals surface area contributed by atoms with Crippen molar-refractivity contribution in [2.24, 2.45) is 0 Å². The molecular formula is C16H18ClN5O3. The van der Waals surface area contributed by atoms with E-state index in [2.05, 4.69) is 26.8 Å². The zero-order chi connectivity index (χ0) is 18.0. The average Bonchev–Trinajstić information content (AvgIpc) is 2.93. The van der Waals surface area contributed by atoms with Gasteiger partial charge in [-0.2, -0.15) is 4.98 Å². The van der Waals surface area contributed by atoms with Gasteiger partial charge in [-0.05, 0) is 19.2 Å². The quantitative estimate of drug-likeness (QED) is 0.632. The summed E-state index contributed by atoms with van der Waals surface area (Å²) in [6.45, 7) is 3.49. The first kappa shape index (κ1) is 17.2. The van der Waals surface area contributed by atoms with E-state index in [-0.39, 0.29) is 12.4 Å². The molecule has 4 rings (SSSR count). The molecule has 8 nitrogen and oxygen atoms in total. The van der Waals surface area contributed by atoms with Crippen LogP contribution in [0, 0.1) is 0 Å². The average molecular weight is 364 g/mol. The maximum Gasteiger partial charge on any atom is 0.290 e. The summed E-state index contributed by atoms with van der Waals surface area (Å²) < 4.78 is 5.98. The fraction of sp³-hybridized carbons (Fsp3) is 0.312. The molecule has 1 aliphatic heterocycles. The van der Waals surface area contributed by atoms with Gasteiger partial charge in [-0.15, -0.1) is 0 Å². The van der Waals surface area contributed by atoms with Gasteiger partial charge in [-0.25, -0.2) is 4.98 Å². The lowest BCUT2D eigenvalue weighted by molar-refractivity contribution is -0.122. The highest BCUT2D eigenvalue weighted by atomic mass is 35.5. The van der Waals surface area contributed by atoms with Gasteiger partial charge in [0.2, 0.25) is 5.95 Å². The van der Waals surface area contributed by atoms with Crippen molar-refractivity contribution in [1.82, 2.24) is 14.9 Å². The van der Waals surface area contributed by atoms with E-state index >= 15 is 0 Å². The number of hydrogen-bond donors (Lipinski definition) is 2. The number of rotatable bonds is 1. The first-order chi connectivity index (χ1) is 12.0. The number of likely N-dealkylation sites (N-methyl/N-ethyl adjacent to an activating group) is 1. The summed E-state index contributed by atoms with van der Waals surface area (Å²) in [6.07, 6.45) is 0. The third-order valence-corrected chi connectivity index (χ3v) is 4.31. The molecule has 3 heterocycles. The monoisotopic (exact) mass is 363 g/mol. The Morgan fingerprint density at radius 2 is 1.96 bits per heavy atom. The molecule has 132 valence electrons. The van der Waals surface area contributed by atoms with Crippen LogP contribution in [0.1, 0.15) is 0 Å². The Hall–Kier alpha value is -2.58. The molecule has 1 fully saturated rings. The van der Waals surface area contributed by atoms with Crippen molar-refractivity contribution in [2.75, 3.05) is 43.9 Å². The second-order valence-electron chi connectivity index (χ2n) is 5.72. The Balaban J connectivity index is 0.000000569. The smallest absolute Gasteiger partial charge is 0.290 e. The fourth-order valence-corrected chi connectivity index (χ4v) is 3.01. The number of benzene rings is 1. The number of halogens is 1. The van der Waals surface area contributed by atoms with Gasteiger partial charge in [0.25, 0.3) is 6.47 Å². The second kappa shape index (κ2) is 7.12. The maximum atomic E-state index is 8.36. The molecule has 0 amide bonds. The maximum absolute atomic E-state index is 8.36. The second-order valence-corrected chi connectivity index (χ2v) is 6.16. The zero-order valence-electron chi connectivity index (χ0n) is 13.6. The van der Waals surface area contributed by atoms with Gasteiger partial charge in [-0.1, -0.05) is 11.6 Å². The van der Waals surface area contributed by atoms with Crippen molar-refractivity contribution >= 4 is 51.9 Å². The molecule has 0 saturated carbocycles. The number of anilines is 2. The molecule has 3 aromatic rings. The third-order valence-electron chi connectivity index (χ3n) is 4.08. The van der Waals surface area contributed by atoms with Crippen LogP contribution in [0.25, 0.3) is 22.1 Å². The predicted molar refractivity (Wildman–Crippen MR) is 97.1 cm³/mol. The Bertz CT molecular complexity index is 906. The normalized spacial score (nSPS) is 15.2. The minimum absolute atomic E-state index is 0.250. The molecular weight excluding hydrogens is 346 g/mol. The molecule has 25 heavy (non-hydrogen) atoms. The molecule has 3 N–H and O–H groups in total. The van der Waals surface area contributed by atoms with Crippen LogP contribution >= 0.6 is 11.6 Å². The van der Waals surface area contributed by atoms with Crippen molar-refractivity contribution in [2.45, 2.75) is 0 Å². The van der Waals surface area contributed by atoms with Crippen molar-refractivity contribution < 1.29 is 14.3 Å². The number of carboxylic acid groups (broad SMARTS) is 1. The van der Waals surface area contributed by atoms with Crippen LogP contribution < -0.4 is 10.6 Å². The number of nitrogens with zero attached hydrogens (tertiary/aromatic N) is 4. The number of piperazine rings is 1. The number of carbonyl (C=O) groups is 1. The number of nitrogens with two attached hydrogens (primary N) is 1. The fourth-order valence-electron chi connectivity index (χ4n) is 2.85. The van der Waals surface area contributed by atoms with Gasteiger partial charge in [0.15, 0.2) is 11.4 Å². The summed E-state index contributed by atoms with van der Waals surface area (Å²) in [6, 6.07) is 5.53. The molecule has 0 radical (unpaired) electrons. The van der Waals surface area contributed by atoms with E-state index in [9.17, 15) is 0 Å². The molecule has 0 spiro atoms. The molecule has 1 aliphatic rings. The number of furan rings is 1. The summed E-state index contributed by atoms with van der Waals surface area (Å²) in [5.74, 6) is 1.03. The molecule has 0 bridgehead atoms. The molecule has 2 aromatic heterocycles. The Morgan fingerprint density at radius 3 is 2.64 bits per heavy atom. The first-order valence-electron chi connectivity index (χ1n) is 7.70. The van der Waals surface area contributed by atoms with Gasteiger partial charge < -0.3 is 25.1 Å². The van der Waals surface area contributed by atoms with Crippen molar-refractivity contribution in [1.29, 1.82) is 0 Å². The first-order valence-corrected chi connectivity index (χ1v) is 8.08. The summed E-state index contributed by atoms with van der Waals surface area (Å²) >= 11 is 6.05. The Morgan fingerprint density at radius 1 is 1.28 bits per heavy atom. The highest BCUT2D eigenvalue weighted by Gasteiger charge is 2.22. The van der Waals surface area contributed by atoms with E-state index < -0.39 is 0 Å². The van der Waals surface area contributed by atoms with E-state index in [4.69, 9.17) is 31.7 Å². The van der Waals surface area contributed by atoms with Crippen LogP contribution in [0.5, 0.6) is 0 Å². The van der Waals surface area contributed by atoms with Crippen molar-refractivity contribution in [3.63, 3.8) is 0 Å². The molecule has 9 heteroatoms. The molecule has 1 aromatic carbocycles. The summed E-state index contributed by atoms with van der Waals surface area (Å²) in [7, 11) is 2.12. The lowest BCUT2D eigenvalue weighted by Crippen LogP contribution is -2.44. The van der Waals surface area contributed by atoms with Crippen molar-refractivity contribution in [3.8, 4) is 0 Å². The SMILES string of the molecule is CN1CCN(c2nc(N)nc3c2oc2cc(Cl)ccc23)CC1.O=CO. The largest absolute Gasteiger partial charge is 0.483 e. The van der Waals surface area contributed by atoms with Crippen LogP contribution in [-0.4, -0.2) is 59.7 Å². The summed E-state index contributed by atoms with van der Waals surface area (Å²) in [5.41, 5.74) is 8.04. The van der Waals surface area contributed by atoms with Crippen LogP contribution in [0.2, 0.25) is 5.02 Å². The number of hydrogen-bond acceptors (Lipinski definition) is 7. The number of nitrogen functional groups attached to an aromatic ring is 1. The Labute approximate surface area is 148 Å². The van der Waals surface area contributed by atoms with Gasteiger partial charge in [-0.3, -0.25) is 4.79 Å². The predicted octanol–water partition coefficient (Wildman–Crippen LogP) is 2.06. The van der Waals surface area contributed by atoms with Gasteiger partial charge in [0.1, 0.15) is 11.1 Å². The highest BCUT2D eigenvalue weighted by Crippen LogP contribution is 2.34. The zero-order valence-corrected chi connectivity index (χ0v) is 14.4. The topological polar surface area (TPSA) is 109 Å². The number of aromatic nitrogens is 2. The summed E-state index contributed by atoms with van der Waals surface area (Å²) in [5, 5.41) is 8.43. The Kier molecular flexibility index (Phi) is 4.91. The van der Waals surface area contributed by atoms with Gasteiger partial charge >= 0.3 is 0 Å². The molecule has 0 unspecified atom stereocenters. The lowest BCUT2D eigenvalue weighted by atomic mass is 10.2. The van der Waals surface area contributed by atoms with E-state index in [1.165, 1.54) is 0 Å². The van der Waals surface area contributed by atoms with Crippen LogP contribution in [0.4, 0.5) is 11.8 Å². The van der Waals surface area contributed by atoms with E-state index in [0.29, 0.717) is 16.2 Å². The molecule has 0 aliphatic carbocycles. The minimum Gasteiger partial charge on any atom is -0.483 e. The minimum atomic E-state index is -0.250. The molecule has 0 atom stereocenters. The number of fused-ring (bicyclic) bond motifs is 3. The highest BCUT2D eigenvalue weighted by molar-refractivity contribution is 6.31. The third kappa shape index (κ3) is 3.45. The van der Waals surface area contributed by atoms with Crippen LogP contribution in [0.15, 0.2) is 22.6 Å². The van der Waals surface area contributed by atoms with Crippen LogP contribution in [-0.2, 0) is 4.79 Å². The van der Waals surface area contributed by atoms with Gasteiger partial charge in [0, 0.05) is 42.7 Å². The lowest BCUT2D eigenvalue weighted by Gasteiger charge is -2.33. The summed E-state index contributed by atoms with van der Waals surface area (Å²) in [4.78, 5) is 21.6. The van der Waals surface area contributed by atoms with E-state index in [1.54, 1.807) is 6.07 Å². The van der Waals surface area contributed by atoms with E-state index in [1.807, 2.05) is 12.1 Å². The van der Waals surface area contributed by atoms with Crippen molar-refractivity contribution in [3.05, 3.63) is 23.2 Å². The standard InChI is InChI=1S/C15H16ClN5O.CH2O2/c1-20-4-6-21(7-5-20)14-13-12(18-15(17)19-14)10-3-2-9(16)8-11(10)22-13;2-1-3/h2-3,8H,4-7H2,1H3,(H2,17,18,19);1H,(H,2,3). The van der Waals surface area contributed by atoms with Gasteiger partial charge in [0.05, 0.1) is 0 Å². The van der Waals surface area contributed by atoms with Crippen LogP contribution in [0.3, 0.4) is 0 Å². The van der Waals surface area contributed by atoms with E-state index in [0.717, 1.165) is 42.9 Å².